The van der Waals surface area contributed by atoms with E-state index in [0.717, 1.165) is 16.7 Å². The van der Waals surface area contributed by atoms with Gasteiger partial charge in [0.2, 0.25) is 0 Å². The monoisotopic (exact) mass is 252 g/mol. The molecule has 0 aliphatic carbocycles. The minimum atomic E-state index is -0.159. The van der Waals surface area contributed by atoms with Crippen molar-refractivity contribution in [2.24, 2.45) is 0 Å². The summed E-state index contributed by atoms with van der Waals surface area (Å²) < 4.78 is 5.62. The van der Waals surface area contributed by atoms with Crippen LogP contribution in [-0.2, 0) is 6.54 Å². The van der Waals surface area contributed by atoms with E-state index in [1.54, 1.807) is 18.3 Å². The van der Waals surface area contributed by atoms with Crippen LogP contribution in [0.4, 0.5) is 0 Å². The number of rotatable bonds is 3. The predicted molar refractivity (Wildman–Crippen MR) is 71.6 cm³/mol. The van der Waals surface area contributed by atoms with E-state index < -0.39 is 0 Å². The second-order valence-electron chi connectivity index (χ2n) is 4.17. The maximum absolute atomic E-state index is 11.8. The van der Waals surface area contributed by atoms with Crippen LogP contribution in [0.1, 0.15) is 16.1 Å². The highest BCUT2D eigenvalue weighted by Crippen LogP contribution is 2.18. The molecule has 1 aromatic carbocycles. The Morgan fingerprint density at radius 2 is 2.11 bits per heavy atom. The number of carbonyl (C=O) groups is 1. The first-order chi connectivity index (χ1) is 9.33. The summed E-state index contributed by atoms with van der Waals surface area (Å²) in [5.74, 6) is 0.576. The molecule has 3 aromatic rings. The Morgan fingerprint density at radius 1 is 1.21 bits per heavy atom. The van der Waals surface area contributed by atoms with Crippen LogP contribution in [0, 0.1) is 0 Å². The lowest BCUT2D eigenvalue weighted by molar-refractivity contribution is 0.0948. The standard InChI is InChI=1S/C15H12N2O2/c18-15(12-5-3-7-16-9-12)17-10-13-8-11-4-1-2-6-14(11)19-13/h1-9H,10H2,(H,17,18). The molecule has 4 heteroatoms. The lowest BCUT2D eigenvalue weighted by atomic mass is 10.2. The van der Waals surface area contributed by atoms with Gasteiger partial charge in [-0.25, -0.2) is 0 Å². The predicted octanol–water partition coefficient (Wildman–Crippen LogP) is 2.76. The Kier molecular flexibility index (Phi) is 2.98. The van der Waals surface area contributed by atoms with Gasteiger partial charge < -0.3 is 9.73 Å². The molecule has 0 bridgehead atoms. The van der Waals surface area contributed by atoms with Crippen molar-refractivity contribution in [1.82, 2.24) is 10.3 Å². The zero-order chi connectivity index (χ0) is 13.1. The molecule has 0 spiro atoms. The van der Waals surface area contributed by atoms with Crippen molar-refractivity contribution in [1.29, 1.82) is 0 Å². The lowest BCUT2D eigenvalue weighted by Crippen LogP contribution is -2.22. The summed E-state index contributed by atoms with van der Waals surface area (Å²) in [6.45, 7) is 0.363. The van der Waals surface area contributed by atoms with Gasteiger partial charge in [0.05, 0.1) is 12.1 Å². The summed E-state index contributed by atoms with van der Waals surface area (Å²) in [5, 5.41) is 3.84. The van der Waals surface area contributed by atoms with Crippen molar-refractivity contribution in [2.45, 2.75) is 6.54 Å². The van der Waals surface area contributed by atoms with E-state index in [4.69, 9.17) is 4.42 Å². The summed E-state index contributed by atoms with van der Waals surface area (Å²) in [5.41, 5.74) is 1.37. The number of fused-ring (bicyclic) bond motifs is 1. The fraction of sp³-hybridized carbons (Fsp3) is 0.0667. The largest absolute Gasteiger partial charge is 0.459 e. The Labute approximate surface area is 110 Å². The number of amides is 1. The van der Waals surface area contributed by atoms with Crippen LogP contribution in [0.2, 0.25) is 0 Å². The molecule has 1 N–H and O–H groups in total. The number of para-hydroxylation sites is 1. The fourth-order valence-electron chi connectivity index (χ4n) is 1.89. The van der Waals surface area contributed by atoms with Gasteiger partial charge in [-0.15, -0.1) is 0 Å². The molecule has 1 amide bonds. The van der Waals surface area contributed by atoms with Crippen LogP contribution >= 0.6 is 0 Å². The van der Waals surface area contributed by atoms with Crippen molar-refractivity contribution in [3.63, 3.8) is 0 Å². The van der Waals surface area contributed by atoms with Gasteiger partial charge in [0.1, 0.15) is 11.3 Å². The second kappa shape index (κ2) is 4.94. The number of hydrogen-bond donors (Lipinski definition) is 1. The highest BCUT2D eigenvalue weighted by molar-refractivity contribution is 5.93. The molecule has 2 heterocycles. The van der Waals surface area contributed by atoms with E-state index in [2.05, 4.69) is 10.3 Å². The van der Waals surface area contributed by atoms with E-state index in [1.807, 2.05) is 30.3 Å². The van der Waals surface area contributed by atoms with Gasteiger partial charge in [-0.3, -0.25) is 9.78 Å². The van der Waals surface area contributed by atoms with E-state index in [-0.39, 0.29) is 5.91 Å². The molecule has 19 heavy (non-hydrogen) atoms. The zero-order valence-corrected chi connectivity index (χ0v) is 10.2. The SMILES string of the molecule is O=C(NCc1cc2ccccc2o1)c1cccnc1. The minimum absolute atomic E-state index is 0.159. The van der Waals surface area contributed by atoms with Crippen molar-refractivity contribution in [3.8, 4) is 0 Å². The van der Waals surface area contributed by atoms with Crippen LogP contribution in [0.25, 0.3) is 11.0 Å². The second-order valence-corrected chi connectivity index (χ2v) is 4.17. The Balaban J connectivity index is 1.71. The molecule has 4 nitrogen and oxygen atoms in total. The van der Waals surface area contributed by atoms with Crippen LogP contribution in [0.3, 0.4) is 0 Å². The number of furan rings is 1. The third-order valence-electron chi connectivity index (χ3n) is 2.82. The molecule has 0 fully saturated rings. The van der Waals surface area contributed by atoms with Crippen LogP contribution in [0.15, 0.2) is 59.3 Å². The molecule has 0 aliphatic heterocycles. The minimum Gasteiger partial charge on any atom is -0.459 e. The van der Waals surface area contributed by atoms with Crippen molar-refractivity contribution in [2.75, 3.05) is 0 Å². The number of nitrogens with one attached hydrogen (secondary N) is 1. The van der Waals surface area contributed by atoms with Gasteiger partial charge in [0.15, 0.2) is 0 Å². The molecular formula is C15H12N2O2. The van der Waals surface area contributed by atoms with Gasteiger partial charge in [-0.05, 0) is 24.3 Å². The van der Waals surface area contributed by atoms with Gasteiger partial charge in [-0.2, -0.15) is 0 Å². The maximum atomic E-state index is 11.8. The molecule has 3 rings (SSSR count). The normalized spacial score (nSPS) is 10.5. The molecule has 94 valence electrons. The Bertz CT molecular complexity index is 671. The van der Waals surface area contributed by atoms with E-state index in [9.17, 15) is 4.79 Å². The molecule has 0 radical (unpaired) electrons. The lowest BCUT2D eigenvalue weighted by Gasteiger charge is -2.02. The first kappa shape index (κ1) is 11.5. The summed E-state index contributed by atoms with van der Waals surface area (Å²) in [6, 6.07) is 13.1. The number of nitrogens with zero attached hydrogens (tertiary/aromatic N) is 1. The zero-order valence-electron chi connectivity index (χ0n) is 10.2. The van der Waals surface area contributed by atoms with Crippen LogP contribution in [0.5, 0.6) is 0 Å². The summed E-state index contributed by atoms with van der Waals surface area (Å²) >= 11 is 0. The van der Waals surface area contributed by atoms with Gasteiger partial charge in [0, 0.05) is 17.8 Å². The number of hydrogen-bond acceptors (Lipinski definition) is 3. The quantitative estimate of drug-likeness (QED) is 0.779. The fourth-order valence-corrected chi connectivity index (χ4v) is 1.89. The van der Waals surface area contributed by atoms with E-state index in [1.165, 1.54) is 6.20 Å². The summed E-state index contributed by atoms with van der Waals surface area (Å²) in [6.07, 6.45) is 3.17. The third kappa shape index (κ3) is 2.47. The highest BCUT2D eigenvalue weighted by atomic mass is 16.3. The molecule has 2 aromatic heterocycles. The Hall–Kier alpha value is -2.62. The number of aromatic nitrogens is 1. The van der Waals surface area contributed by atoms with Crippen molar-refractivity contribution >= 4 is 16.9 Å². The highest BCUT2D eigenvalue weighted by Gasteiger charge is 2.07. The molecule has 0 saturated carbocycles. The van der Waals surface area contributed by atoms with Gasteiger partial charge in [-0.1, -0.05) is 18.2 Å². The van der Waals surface area contributed by atoms with E-state index >= 15 is 0 Å². The van der Waals surface area contributed by atoms with E-state index in [0.29, 0.717) is 12.1 Å². The van der Waals surface area contributed by atoms with Crippen LogP contribution < -0.4 is 5.32 Å². The Morgan fingerprint density at radius 3 is 2.89 bits per heavy atom. The molecule has 0 aliphatic rings. The number of carbonyl (C=O) groups excluding carboxylic acids is 1. The molecule has 0 saturated heterocycles. The number of pyridine rings is 1. The smallest absolute Gasteiger partial charge is 0.253 e. The van der Waals surface area contributed by atoms with Crippen molar-refractivity contribution < 1.29 is 9.21 Å². The third-order valence-corrected chi connectivity index (χ3v) is 2.82. The summed E-state index contributed by atoms with van der Waals surface area (Å²) in [7, 11) is 0. The molecule has 0 unspecified atom stereocenters. The van der Waals surface area contributed by atoms with Crippen molar-refractivity contribution in [3.05, 3.63) is 66.2 Å². The summed E-state index contributed by atoms with van der Waals surface area (Å²) in [4.78, 5) is 15.8. The maximum Gasteiger partial charge on any atom is 0.253 e. The average molecular weight is 252 g/mol. The number of benzene rings is 1. The first-order valence-electron chi connectivity index (χ1n) is 5.98. The topological polar surface area (TPSA) is 55.1 Å². The average Bonchev–Trinajstić information content (AvgIpc) is 2.88. The van der Waals surface area contributed by atoms with Crippen LogP contribution in [-0.4, -0.2) is 10.9 Å². The molecular weight excluding hydrogens is 240 g/mol. The first-order valence-corrected chi connectivity index (χ1v) is 5.98. The van der Waals surface area contributed by atoms with Gasteiger partial charge >= 0.3 is 0 Å². The molecule has 0 atom stereocenters. The van der Waals surface area contributed by atoms with Gasteiger partial charge in [0.25, 0.3) is 5.91 Å².